The summed E-state index contributed by atoms with van der Waals surface area (Å²) in [7, 11) is 0. The molecule has 0 radical (unpaired) electrons. The van der Waals surface area contributed by atoms with E-state index in [0.29, 0.717) is 13.0 Å². The summed E-state index contributed by atoms with van der Waals surface area (Å²) in [6.45, 7) is 2.40. The highest BCUT2D eigenvalue weighted by atomic mass is 19.1. The molecular weight excluding hydrogens is 165 g/mol. The zero-order valence-corrected chi connectivity index (χ0v) is 7.62. The first-order valence-corrected chi connectivity index (χ1v) is 4.75. The first-order valence-electron chi connectivity index (χ1n) is 4.75. The molecule has 1 nitrogen and oxygen atoms in total. The molecule has 0 N–H and O–H groups in total. The molecule has 1 aromatic carbocycles. The van der Waals surface area contributed by atoms with E-state index in [4.69, 9.17) is 0 Å². The highest BCUT2D eigenvalue weighted by Crippen LogP contribution is 2.15. The van der Waals surface area contributed by atoms with Gasteiger partial charge in [-0.2, -0.15) is 0 Å². The third kappa shape index (κ3) is 2.28. The van der Waals surface area contributed by atoms with E-state index in [1.54, 1.807) is 0 Å². The first-order chi connectivity index (χ1) is 6.34. The Bertz CT molecular complexity index is 260. The largest absolute Gasteiger partial charge is 0.296 e. The molecule has 0 aromatic heterocycles. The summed E-state index contributed by atoms with van der Waals surface area (Å²) in [5.74, 6) is 0. The van der Waals surface area contributed by atoms with Gasteiger partial charge in [-0.05, 0) is 12.0 Å². The molecule has 1 aliphatic rings. The average Bonchev–Trinajstić information content (AvgIpc) is 2.53. The van der Waals surface area contributed by atoms with Crippen LogP contribution < -0.4 is 0 Å². The van der Waals surface area contributed by atoms with Gasteiger partial charge in [-0.1, -0.05) is 30.3 Å². The van der Waals surface area contributed by atoms with Gasteiger partial charge in [0.05, 0.1) is 0 Å². The van der Waals surface area contributed by atoms with Crippen molar-refractivity contribution in [1.82, 2.24) is 4.90 Å². The molecule has 1 heterocycles. The first kappa shape index (κ1) is 8.70. The molecule has 0 saturated carbocycles. The Kier molecular flexibility index (Phi) is 2.60. The highest BCUT2D eigenvalue weighted by molar-refractivity contribution is 5.14. The van der Waals surface area contributed by atoms with Crippen LogP contribution in [-0.2, 0) is 6.54 Å². The van der Waals surface area contributed by atoms with Gasteiger partial charge in [0.25, 0.3) is 0 Å². The SMILES string of the molecule is F[C@@H]1CCN(Cc2ccccc2)C1. The van der Waals surface area contributed by atoms with Gasteiger partial charge in [0.15, 0.2) is 0 Å². The molecule has 0 unspecified atom stereocenters. The van der Waals surface area contributed by atoms with Gasteiger partial charge in [0, 0.05) is 19.6 Å². The van der Waals surface area contributed by atoms with Crippen LogP contribution in [0.1, 0.15) is 12.0 Å². The Labute approximate surface area is 78.2 Å². The van der Waals surface area contributed by atoms with Gasteiger partial charge >= 0.3 is 0 Å². The lowest BCUT2D eigenvalue weighted by Crippen LogP contribution is -2.20. The molecule has 1 saturated heterocycles. The Hall–Kier alpha value is -0.890. The molecule has 1 atom stereocenters. The second kappa shape index (κ2) is 3.88. The van der Waals surface area contributed by atoms with Crippen LogP contribution in [0.25, 0.3) is 0 Å². The minimum atomic E-state index is -0.608. The molecular formula is C11H14FN. The van der Waals surface area contributed by atoms with E-state index < -0.39 is 6.17 Å². The fourth-order valence-electron chi connectivity index (χ4n) is 1.77. The van der Waals surface area contributed by atoms with E-state index in [-0.39, 0.29) is 0 Å². The van der Waals surface area contributed by atoms with Gasteiger partial charge in [-0.25, -0.2) is 4.39 Å². The molecule has 70 valence electrons. The second-order valence-corrected chi connectivity index (χ2v) is 3.61. The maximum atomic E-state index is 12.8. The number of benzene rings is 1. The fraction of sp³-hybridized carbons (Fsp3) is 0.455. The van der Waals surface area contributed by atoms with Gasteiger partial charge < -0.3 is 0 Å². The number of rotatable bonds is 2. The molecule has 1 aromatic rings. The van der Waals surface area contributed by atoms with Crippen molar-refractivity contribution in [2.75, 3.05) is 13.1 Å². The average molecular weight is 179 g/mol. The quantitative estimate of drug-likeness (QED) is 0.673. The molecule has 0 amide bonds. The van der Waals surface area contributed by atoms with E-state index in [0.717, 1.165) is 13.1 Å². The molecule has 0 bridgehead atoms. The van der Waals surface area contributed by atoms with Crippen molar-refractivity contribution in [3.63, 3.8) is 0 Å². The van der Waals surface area contributed by atoms with Crippen LogP contribution in [0.3, 0.4) is 0 Å². The van der Waals surface area contributed by atoms with Crippen LogP contribution in [-0.4, -0.2) is 24.2 Å². The third-order valence-corrected chi connectivity index (χ3v) is 2.46. The van der Waals surface area contributed by atoms with E-state index in [9.17, 15) is 4.39 Å². The zero-order valence-electron chi connectivity index (χ0n) is 7.62. The lowest BCUT2D eigenvalue weighted by Gasteiger charge is -2.13. The lowest BCUT2D eigenvalue weighted by atomic mass is 10.2. The van der Waals surface area contributed by atoms with Gasteiger partial charge in [-0.3, -0.25) is 4.90 Å². The smallest absolute Gasteiger partial charge is 0.114 e. The molecule has 0 spiro atoms. The minimum absolute atomic E-state index is 0.606. The van der Waals surface area contributed by atoms with E-state index >= 15 is 0 Å². The van der Waals surface area contributed by atoms with E-state index in [2.05, 4.69) is 17.0 Å². The van der Waals surface area contributed by atoms with Gasteiger partial charge in [-0.15, -0.1) is 0 Å². The molecule has 13 heavy (non-hydrogen) atoms. The monoisotopic (exact) mass is 179 g/mol. The van der Waals surface area contributed by atoms with Crippen LogP contribution in [0.15, 0.2) is 30.3 Å². The van der Waals surface area contributed by atoms with Gasteiger partial charge in [0.1, 0.15) is 6.17 Å². The summed E-state index contributed by atoms with van der Waals surface area (Å²) < 4.78 is 12.8. The van der Waals surface area contributed by atoms with E-state index in [1.807, 2.05) is 18.2 Å². The van der Waals surface area contributed by atoms with E-state index in [1.165, 1.54) is 5.56 Å². The molecule has 2 heteroatoms. The number of alkyl halides is 1. The van der Waals surface area contributed by atoms with Crippen LogP contribution in [0.2, 0.25) is 0 Å². The zero-order chi connectivity index (χ0) is 9.10. The highest BCUT2D eigenvalue weighted by Gasteiger charge is 2.21. The summed E-state index contributed by atoms with van der Waals surface area (Å²) >= 11 is 0. The Balaban J connectivity index is 1.92. The lowest BCUT2D eigenvalue weighted by molar-refractivity contribution is 0.282. The van der Waals surface area contributed by atoms with Crippen molar-refractivity contribution in [3.05, 3.63) is 35.9 Å². The van der Waals surface area contributed by atoms with Crippen molar-refractivity contribution < 1.29 is 4.39 Å². The number of hydrogen-bond donors (Lipinski definition) is 0. The summed E-state index contributed by atoms with van der Waals surface area (Å²) in [6, 6.07) is 10.2. The van der Waals surface area contributed by atoms with Crippen molar-refractivity contribution in [1.29, 1.82) is 0 Å². The van der Waals surface area contributed by atoms with Crippen molar-refractivity contribution in [2.24, 2.45) is 0 Å². The number of nitrogens with zero attached hydrogens (tertiary/aromatic N) is 1. The normalized spacial score (nSPS) is 23.6. The van der Waals surface area contributed by atoms with Crippen LogP contribution >= 0.6 is 0 Å². The Morgan fingerprint density at radius 2 is 2.08 bits per heavy atom. The maximum Gasteiger partial charge on any atom is 0.114 e. The maximum absolute atomic E-state index is 12.8. The van der Waals surface area contributed by atoms with Gasteiger partial charge in [0.2, 0.25) is 0 Å². The fourth-order valence-corrected chi connectivity index (χ4v) is 1.77. The summed E-state index contributed by atoms with van der Waals surface area (Å²) in [5, 5.41) is 0. The molecule has 1 aliphatic heterocycles. The standard InChI is InChI=1S/C11H14FN/c12-11-6-7-13(9-11)8-10-4-2-1-3-5-10/h1-5,11H,6-9H2/t11-/m1/s1. The molecule has 2 rings (SSSR count). The summed E-state index contributed by atoms with van der Waals surface area (Å²) in [4.78, 5) is 2.17. The predicted molar refractivity (Wildman–Crippen MR) is 51.2 cm³/mol. The third-order valence-electron chi connectivity index (χ3n) is 2.46. The van der Waals surface area contributed by atoms with Crippen LogP contribution in [0.4, 0.5) is 4.39 Å². The van der Waals surface area contributed by atoms with Crippen LogP contribution in [0, 0.1) is 0 Å². The van der Waals surface area contributed by atoms with Crippen LogP contribution in [0.5, 0.6) is 0 Å². The predicted octanol–water partition coefficient (Wildman–Crippen LogP) is 2.23. The Morgan fingerprint density at radius 1 is 1.31 bits per heavy atom. The minimum Gasteiger partial charge on any atom is -0.296 e. The second-order valence-electron chi connectivity index (χ2n) is 3.61. The summed E-state index contributed by atoms with van der Waals surface area (Å²) in [5.41, 5.74) is 1.27. The number of likely N-dealkylation sites (tertiary alicyclic amines) is 1. The topological polar surface area (TPSA) is 3.24 Å². The van der Waals surface area contributed by atoms with Crippen molar-refractivity contribution >= 4 is 0 Å². The van der Waals surface area contributed by atoms with Crippen molar-refractivity contribution in [2.45, 2.75) is 19.1 Å². The number of halogens is 1. The molecule has 1 fully saturated rings. The number of hydrogen-bond acceptors (Lipinski definition) is 1. The Morgan fingerprint density at radius 3 is 2.69 bits per heavy atom. The van der Waals surface area contributed by atoms with Crippen molar-refractivity contribution in [3.8, 4) is 0 Å². The summed E-state index contributed by atoms with van der Waals surface area (Å²) in [6.07, 6.45) is 0.0935. The molecule has 0 aliphatic carbocycles.